The molecule has 1 N–H and O–H groups in total. The Kier molecular flexibility index (Phi) is 6.22. The van der Waals surface area contributed by atoms with E-state index in [1.54, 1.807) is 20.4 Å². The molecule has 0 bridgehead atoms. The molecule has 1 aliphatic rings. The summed E-state index contributed by atoms with van der Waals surface area (Å²) in [6.07, 6.45) is 5.83. The zero-order chi connectivity index (χ0) is 18.4. The van der Waals surface area contributed by atoms with E-state index in [9.17, 15) is 0 Å². The van der Waals surface area contributed by atoms with Gasteiger partial charge in [0, 0.05) is 31.3 Å². The Bertz CT molecular complexity index is 726. The summed E-state index contributed by atoms with van der Waals surface area (Å²) in [5.41, 5.74) is 1.59. The molecule has 1 unspecified atom stereocenters. The van der Waals surface area contributed by atoms with Crippen LogP contribution in [0, 0.1) is 5.92 Å². The minimum Gasteiger partial charge on any atom is -0.497 e. The van der Waals surface area contributed by atoms with Crippen LogP contribution in [0.2, 0.25) is 0 Å². The van der Waals surface area contributed by atoms with E-state index < -0.39 is 0 Å². The highest BCUT2D eigenvalue weighted by atomic mass is 16.5. The third-order valence-electron chi connectivity index (χ3n) is 4.80. The van der Waals surface area contributed by atoms with Gasteiger partial charge in [-0.05, 0) is 43.7 Å². The summed E-state index contributed by atoms with van der Waals surface area (Å²) in [6.45, 7) is 2.09. The van der Waals surface area contributed by atoms with Gasteiger partial charge in [0.1, 0.15) is 11.5 Å². The average Bonchev–Trinajstić information content (AvgIpc) is 2.72. The van der Waals surface area contributed by atoms with Gasteiger partial charge in [-0.2, -0.15) is 5.10 Å². The Hall–Kier alpha value is -2.41. The number of hydrogen-bond acceptors (Lipinski definition) is 7. The highest BCUT2D eigenvalue weighted by Gasteiger charge is 2.22. The van der Waals surface area contributed by atoms with Crippen molar-refractivity contribution >= 4 is 5.95 Å². The summed E-state index contributed by atoms with van der Waals surface area (Å²) < 4.78 is 10.7. The van der Waals surface area contributed by atoms with Crippen molar-refractivity contribution in [2.24, 2.45) is 5.92 Å². The lowest BCUT2D eigenvalue weighted by atomic mass is 9.94. The molecule has 0 radical (unpaired) electrons. The predicted octanol–water partition coefficient (Wildman–Crippen LogP) is 2.54. The fourth-order valence-corrected chi connectivity index (χ4v) is 3.43. The first-order valence-corrected chi connectivity index (χ1v) is 9.03. The molecule has 26 heavy (non-hydrogen) atoms. The van der Waals surface area contributed by atoms with Gasteiger partial charge in [0.2, 0.25) is 5.95 Å². The van der Waals surface area contributed by atoms with Crippen LogP contribution in [0.15, 0.2) is 24.4 Å². The van der Waals surface area contributed by atoms with E-state index in [0.29, 0.717) is 17.6 Å². The summed E-state index contributed by atoms with van der Waals surface area (Å²) in [7, 11) is 3.26. The van der Waals surface area contributed by atoms with Crippen LogP contribution in [-0.2, 0) is 0 Å². The lowest BCUT2D eigenvalue weighted by molar-refractivity contribution is 0.263. The van der Waals surface area contributed by atoms with Crippen molar-refractivity contribution in [1.82, 2.24) is 15.2 Å². The Morgan fingerprint density at radius 3 is 2.92 bits per heavy atom. The van der Waals surface area contributed by atoms with E-state index in [0.717, 1.165) is 49.4 Å². The van der Waals surface area contributed by atoms with Crippen LogP contribution in [0.1, 0.15) is 25.7 Å². The summed E-state index contributed by atoms with van der Waals surface area (Å²) in [5.74, 6) is 2.64. The van der Waals surface area contributed by atoms with Crippen molar-refractivity contribution in [2.45, 2.75) is 25.7 Å². The van der Waals surface area contributed by atoms with E-state index in [1.807, 2.05) is 18.2 Å². The van der Waals surface area contributed by atoms with Crippen molar-refractivity contribution in [1.29, 1.82) is 0 Å². The SMILES string of the molecule is COc1ccc(-c2cnnc(N3CCCC(CCCO)C3)n2)c(OC)c1. The van der Waals surface area contributed by atoms with E-state index in [1.165, 1.54) is 6.42 Å². The quantitative estimate of drug-likeness (QED) is 0.814. The molecule has 1 saturated heterocycles. The molecule has 1 aromatic carbocycles. The average molecular weight is 358 g/mol. The number of ether oxygens (including phenoxy) is 2. The van der Waals surface area contributed by atoms with Gasteiger partial charge in [-0.3, -0.25) is 0 Å². The molecule has 2 aromatic rings. The maximum atomic E-state index is 9.06. The molecule has 1 aliphatic heterocycles. The number of nitrogens with zero attached hydrogens (tertiary/aromatic N) is 4. The van der Waals surface area contributed by atoms with Crippen molar-refractivity contribution in [3.63, 3.8) is 0 Å². The van der Waals surface area contributed by atoms with Gasteiger partial charge in [-0.1, -0.05) is 0 Å². The summed E-state index contributed by atoms with van der Waals surface area (Å²) in [4.78, 5) is 6.92. The maximum Gasteiger partial charge on any atom is 0.245 e. The molecule has 1 aromatic heterocycles. The van der Waals surface area contributed by atoms with Crippen molar-refractivity contribution in [3.8, 4) is 22.8 Å². The van der Waals surface area contributed by atoms with Gasteiger partial charge in [-0.25, -0.2) is 4.98 Å². The molecular formula is C19H26N4O3. The third-order valence-corrected chi connectivity index (χ3v) is 4.80. The second-order valence-corrected chi connectivity index (χ2v) is 6.53. The first-order chi connectivity index (χ1) is 12.7. The number of aliphatic hydroxyl groups is 1. The number of methoxy groups -OCH3 is 2. The van der Waals surface area contributed by atoms with Gasteiger partial charge in [0.05, 0.1) is 26.1 Å². The van der Waals surface area contributed by atoms with Gasteiger partial charge in [0.15, 0.2) is 0 Å². The molecule has 7 heteroatoms. The lowest BCUT2D eigenvalue weighted by Crippen LogP contribution is -2.36. The number of aromatic nitrogens is 3. The van der Waals surface area contributed by atoms with Crippen LogP contribution >= 0.6 is 0 Å². The number of aliphatic hydroxyl groups excluding tert-OH is 1. The highest BCUT2D eigenvalue weighted by Crippen LogP contribution is 2.32. The topological polar surface area (TPSA) is 80.6 Å². The molecule has 1 fully saturated rings. The summed E-state index contributed by atoms with van der Waals surface area (Å²) >= 11 is 0. The van der Waals surface area contributed by atoms with E-state index in [-0.39, 0.29) is 6.61 Å². The molecule has 1 atom stereocenters. The molecule has 3 rings (SSSR count). The molecular weight excluding hydrogens is 332 g/mol. The maximum absolute atomic E-state index is 9.06. The van der Waals surface area contributed by atoms with Gasteiger partial charge in [-0.15, -0.1) is 5.10 Å². The Labute approximate surface area is 154 Å². The largest absolute Gasteiger partial charge is 0.497 e. The second kappa shape index (κ2) is 8.80. The number of rotatable bonds is 7. The third kappa shape index (κ3) is 4.22. The number of piperidine rings is 1. The minimum atomic E-state index is 0.251. The first kappa shape index (κ1) is 18.4. The molecule has 2 heterocycles. The second-order valence-electron chi connectivity index (χ2n) is 6.53. The van der Waals surface area contributed by atoms with Crippen LogP contribution in [0.3, 0.4) is 0 Å². The molecule has 0 saturated carbocycles. The molecule has 7 nitrogen and oxygen atoms in total. The van der Waals surface area contributed by atoms with E-state index in [2.05, 4.69) is 15.1 Å². The van der Waals surface area contributed by atoms with E-state index in [4.69, 9.17) is 19.6 Å². The van der Waals surface area contributed by atoms with Crippen LogP contribution in [0.25, 0.3) is 11.3 Å². The van der Waals surface area contributed by atoms with Crippen LogP contribution < -0.4 is 14.4 Å². The lowest BCUT2D eigenvalue weighted by Gasteiger charge is -2.32. The fourth-order valence-electron chi connectivity index (χ4n) is 3.43. The van der Waals surface area contributed by atoms with Crippen molar-refractivity contribution in [3.05, 3.63) is 24.4 Å². The Morgan fingerprint density at radius 2 is 2.15 bits per heavy atom. The monoisotopic (exact) mass is 358 g/mol. The van der Waals surface area contributed by atoms with Gasteiger partial charge < -0.3 is 19.5 Å². The minimum absolute atomic E-state index is 0.251. The van der Waals surface area contributed by atoms with Crippen molar-refractivity contribution < 1.29 is 14.6 Å². The van der Waals surface area contributed by atoms with Crippen LogP contribution in [0.4, 0.5) is 5.95 Å². The number of benzene rings is 1. The summed E-state index contributed by atoms with van der Waals surface area (Å²) in [5, 5.41) is 17.5. The molecule has 0 amide bonds. The highest BCUT2D eigenvalue weighted by molar-refractivity contribution is 5.68. The number of anilines is 1. The first-order valence-electron chi connectivity index (χ1n) is 9.03. The molecule has 0 spiro atoms. The predicted molar refractivity (Wildman–Crippen MR) is 99.6 cm³/mol. The molecule has 140 valence electrons. The standard InChI is InChI=1S/C19H26N4O3/c1-25-15-7-8-16(18(11-15)26-2)17-12-20-22-19(21-17)23-9-3-5-14(13-23)6-4-10-24/h7-8,11-12,14,24H,3-6,9-10,13H2,1-2H3. The fraction of sp³-hybridized carbons (Fsp3) is 0.526. The van der Waals surface area contributed by atoms with E-state index >= 15 is 0 Å². The summed E-state index contributed by atoms with van der Waals surface area (Å²) in [6, 6.07) is 5.64. The molecule has 0 aliphatic carbocycles. The van der Waals surface area contributed by atoms with Crippen LogP contribution in [0.5, 0.6) is 11.5 Å². The number of hydrogen-bond donors (Lipinski definition) is 1. The van der Waals surface area contributed by atoms with Gasteiger partial charge >= 0.3 is 0 Å². The Morgan fingerprint density at radius 1 is 1.27 bits per heavy atom. The van der Waals surface area contributed by atoms with Crippen LogP contribution in [-0.4, -0.2) is 54.2 Å². The zero-order valence-electron chi connectivity index (χ0n) is 15.4. The Balaban J connectivity index is 1.82. The van der Waals surface area contributed by atoms with Crippen molar-refractivity contribution in [2.75, 3.05) is 38.8 Å². The smallest absolute Gasteiger partial charge is 0.245 e. The van der Waals surface area contributed by atoms with Gasteiger partial charge in [0.25, 0.3) is 0 Å². The zero-order valence-corrected chi connectivity index (χ0v) is 15.4. The normalized spacial score (nSPS) is 17.2.